The topological polar surface area (TPSA) is 80.0 Å². The van der Waals surface area contributed by atoms with E-state index >= 15 is 0 Å². The monoisotopic (exact) mass is 328 g/mol. The van der Waals surface area contributed by atoms with E-state index in [9.17, 15) is 9.90 Å². The number of carbonyl (C=O) groups excluding carboxylic acids is 1. The minimum Gasteiger partial charge on any atom is -0.391 e. The van der Waals surface area contributed by atoms with Crippen LogP contribution in [-0.2, 0) is 0 Å². The molecule has 6 heteroatoms. The third kappa shape index (κ3) is 3.64. The first-order valence-corrected chi connectivity index (χ1v) is 8.35. The van der Waals surface area contributed by atoms with Crippen LogP contribution in [0.3, 0.4) is 0 Å². The smallest absolute Gasteiger partial charge is 0.291 e. The molecule has 1 aliphatic carbocycles. The van der Waals surface area contributed by atoms with Gasteiger partial charge in [0.2, 0.25) is 5.82 Å². The predicted molar refractivity (Wildman–Crippen MR) is 91.1 cm³/mol. The lowest BCUT2D eigenvalue weighted by Gasteiger charge is -2.25. The average molecular weight is 328 g/mol. The summed E-state index contributed by atoms with van der Waals surface area (Å²) in [4.78, 5) is 16.8. The highest BCUT2D eigenvalue weighted by Gasteiger charge is 2.32. The maximum Gasteiger partial charge on any atom is 0.291 e. The van der Waals surface area contributed by atoms with Crippen molar-refractivity contribution in [1.82, 2.24) is 20.1 Å². The van der Waals surface area contributed by atoms with Crippen LogP contribution in [-0.4, -0.2) is 38.4 Å². The molecule has 1 amide bonds. The van der Waals surface area contributed by atoms with Gasteiger partial charge in [0, 0.05) is 12.5 Å². The number of aliphatic hydroxyl groups excluding tert-OH is 1. The molecule has 1 aliphatic rings. The molecular weight excluding hydrogens is 304 g/mol. The molecule has 1 saturated carbocycles. The van der Waals surface area contributed by atoms with Crippen LogP contribution in [0.5, 0.6) is 0 Å². The Balaban J connectivity index is 1.78. The summed E-state index contributed by atoms with van der Waals surface area (Å²) >= 11 is 0. The number of benzene rings is 1. The molecule has 24 heavy (non-hydrogen) atoms. The van der Waals surface area contributed by atoms with Crippen molar-refractivity contribution in [1.29, 1.82) is 0 Å². The lowest BCUT2D eigenvalue weighted by Crippen LogP contribution is -2.39. The van der Waals surface area contributed by atoms with E-state index in [0.29, 0.717) is 5.92 Å². The third-order valence-corrected chi connectivity index (χ3v) is 4.23. The van der Waals surface area contributed by atoms with E-state index in [2.05, 4.69) is 15.4 Å². The number of carbonyl (C=O) groups is 1. The van der Waals surface area contributed by atoms with Crippen LogP contribution in [0.2, 0.25) is 0 Å². The molecule has 0 aliphatic heterocycles. The normalized spacial score (nSPS) is 16.0. The quantitative estimate of drug-likeness (QED) is 0.882. The summed E-state index contributed by atoms with van der Waals surface area (Å²) < 4.78 is 1.76. The van der Waals surface area contributed by atoms with Crippen LogP contribution in [0.1, 0.15) is 56.0 Å². The molecule has 1 aromatic carbocycles. The molecule has 1 unspecified atom stereocenters. The van der Waals surface area contributed by atoms with Gasteiger partial charge < -0.3 is 10.4 Å². The summed E-state index contributed by atoms with van der Waals surface area (Å²) in [7, 11) is 0. The van der Waals surface area contributed by atoms with E-state index in [4.69, 9.17) is 0 Å². The summed E-state index contributed by atoms with van der Waals surface area (Å²) in [6, 6.07) is 9.72. The minimum absolute atomic E-state index is 0.155. The lowest BCUT2D eigenvalue weighted by atomic mass is 9.89. The Morgan fingerprint density at radius 2 is 2.00 bits per heavy atom. The van der Waals surface area contributed by atoms with Crippen molar-refractivity contribution in [3.05, 3.63) is 42.0 Å². The van der Waals surface area contributed by atoms with Crippen LogP contribution in [0.25, 0.3) is 5.69 Å². The Hall–Kier alpha value is -2.21. The fourth-order valence-electron chi connectivity index (χ4n) is 2.36. The van der Waals surface area contributed by atoms with Crippen molar-refractivity contribution < 1.29 is 9.90 Å². The zero-order valence-corrected chi connectivity index (χ0v) is 14.4. The highest BCUT2D eigenvalue weighted by atomic mass is 16.3. The maximum atomic E-state index is 12.4. The Morgan fingerprint density at radius 3 is 2.58 bits per heavy atom. The second-order valence-corrected chi connectivity index (χ2v) is 7.41. The largest absolute Gasteiger partial charge is 0.391 e. The fourth-order valence-corrected chi connectivity index (χ4v) is 2.36. The minimum atomic E-state index is -0.624. The molecule has 2 aromatic rings. The van der Waals surface area contributed by atoms with E-state index in [1.165, 1.54) is 0 Å². The molecule has 6 nitrogen and oxygen atoms in total. The average Bonchev–Trinajstić information content (AvgIpc) is 3.30. The van der Waals surface area contributed by atoms with Gasteiger partial charge in [-0.15, -0.1) is 5.10 Å². The number of rotatable bonds is 5. The highest BCUT2D eigenvalue weighted by Crippen LogP contribution is 2.39. The molecule has 1 aromatic heterocycles. The van der Waals surface area contributed by atoms with Crippen LogP contribution in [0, 0.1) is 5.41 Å². The number of aliphatic hydroxyl groups is 1. The van der Waals surface area contributed by atoms with Gasteiger partial charge in [-0.1, -0.05) is 39.0 Å². The van der Waals surface area contributed by atoms with Crippen molar-refractivity contribution in [3.63, 3.8) is 0 Å². The van der Waals surface area contributed by atoms with E-state index in [0.717, 1.165) is 24.4 Å². The van der Waals surface area contributed by atoms with Gasteiger partial charge in [-0.2, -0.15) is 0 Å². The zero-order chi connectivity index (χ0) is 17.3. The first kappa shape index (κ1) is 16.6. The van der Waals surface area contributed by atoms with Crippen LogP contribution in [0.4, 0.5) is 0 Å². The molecule has 0 saturated heterocycles. The van der Waals surface area contributed by atoms with Crippen molar-refractivity contribution in [2.24, 2.45) is 5.41 Å². The van der Waals surface area contributed by atoms with Gasteiger partial charge in [0.25, 0.3) is 5.91 Å². The first-order chi connectivity index (χ1) is 11.4. The van der Waals surface area contributed by atoms with Crippen LogP contribution >= 0.6 is 0 Å². The zero-order valence-electron chi connectivity index (χ0n) is 14.4. The highest BCUT2D eigenvalue weighted by molar-refractivity contribution is 5.90. The Kier molecular flexibility index (Phi) is 4.41. The number of aromatic nitrogens is 3. The van der Waals surface area contributed by atoms with Crippen LogP contribution < -0.4 is 5.32 Å². The molecular formula is C18H24N4O2. The van der Waals surface area contributed by atoms with Gasteiger partial charge in [-0.25, -0.2) is 9.67 Å². The standard InChI is InChI=1S/C18H24N4O2/c1-18(2,3)14(23)11-19-17(24)15-20-16(12-9-10-12)22(21-15)13-7-5-4-6-8-13/h4-8,12,14,23H,9-11H2,1-3H3,(H,19,24). The van der Waals surface area contributed by atoms with Gasteiger partial charge in [-0.3, -0.25) is 4.79 Å². The van der Waals surface area contributed by atoms with Gasteiger partial charge in [0.05, 0.1) is 11.8 Å². The van der Waals surface area contributed by atoms with E-state index in [1.54, 1.807) is 4.68 Å². The third-order valence-electron chi connectivity index (χ3n) is 4.23. The number of amides is 1. The molecule has 0 spiro atoms. The van der Waals surface area contributed by atoms with Crippen molar-refractivity contribution in [2.75, 3.05) is 6.54 Å². The number of nitrogens with zero attached hydrogens (tertiary/aromatic N) is 3. The van der Waals surface area contributed by atoms with E-state index in [-0.39, 0.29) is 23.7 Å². The Morgan fingerprint density at radius 1 is 1.33 bits per heavy atom. The Bertz CT molecular complexity index is 714. The van der Waals surface area contributed by atoms with Gasteiger partial charge in [-0.05, 0) is 30.4 Å². The van der Waals surface area contributed by atoms with Crippen molar-refractivity contribution >= 4 is 5.91 Å². The number of para-hydroxylation sites is 1. The summed E-state index contributed by atoms with van der Waals surface area (Å²) in [6.07, 6.45) is 1.53. The molecule has 128 valence electrons. The molecule has 1 heterocycles. The summed E-state index contributed by atoms with van der Waals surface area (Å²) in [6.45, 7) is 5.97. The molecule has 1 fully saturated rings. The number of nitrogens with one attached hydrogen (secondary N) is 1. The maximum absolute atomic E-state index is 12.4. The summed E-state index contributed by atoms with van der Waals surface area (Å²) in [5, 5.41) is 17.2. The van der Waals surface area contributed by atoms with Gasteiger partial charge in [0.15, 0.2) is 0 Å². The number of hydrogen-bond donors (Lipinski definition) is 2. The first-order valence-electron chi connectivity index (χ1n) is 8.35. The van der Waals surface area contributed by atoms with Gasteiger partial charge >= 0.3 is 0 Å². The summed E-state index contributed by atoms with van der Waals surface area (Å²) in [5.41, 5.74) is 0.615. The van der Waals surface area contributed by atoms with E-state index < -0.39 is 6.10 Å². The molecule has 0 bridgehead atoms. The SMILES string of the molecule is CC(C)(C)C(O)CNC(=O)c1nc(C2CC2)n(-c2ccccc2)n1. The van der Waals surface area contributed by atoms with Gasteiger partial charge in [0.1, 0.15) is 5.82 Å². The second kappa shape index (κ2) is 6.36. The van der Waals surface area contributed by atoms with Crippen molar-refractivity contribution in [2.45, 2.75) is 45.6 Å². The molecule has 1 atom stereocenters. The van der Waals surface area contributed by atoms with Crippen molar-refractivity contribution in [3.8, 4) is 5.69 Å². The van der Waals surface area contributed by atoms with Crippen LogP contribution in [0.15, 0.2) is 30.3 Å². The predicted octanol–water partition coefficient (Wildman–Crippen LogP) is 2.28. The molecule has 0 radical (unpaired) electrons. The number of hydrogen-bond acceptors (Lipinski definition) is 4. The summed E-state index contributed by atoms with van der Waals surface area (Å²) in [5.74, 6) is 1.01. The fraction of sp³-hybridized carbons (Fsp3) is 0.500. The lowest BCUT2D eigenvalue weighted by molar-refractivity contribution is 0.0584. The second-order valence-electron chi connectivity index (χ2n) is 7.41. The molecule has 2 N–H and O–H groups in total. The Labute approximate surface area is 141 Å². The molecule has 3 rings (SSSR count). The van der Waals surface area contributed by atoms with E-state index in [1.807, 2.05) is 51.1 Å².